The Bertz CT molecular complexity index is 485. The molecule has 1 nitrogen and oxygen atoms in total. The summed E-state index contributed by atoms with van der Waals surface area (Å²) >= 11 is 9.43. The highest BCUT2D eigenvalue weighted by atomic mass is 79.9. The van der Waals surface area contributed by atoms with Gasteiger partial charge in [-0.1, -0.05) is 57.9 Å². The van der Waals surface area contributed by atoms with Crippen molar-refractivity contribution in [2.24, 2.45) is 0 Å². The molecule has 0 unspecified atom stereocenters. The average Bonchev–Trinajstić information content (AvgIpc) is 2.39. The van der Waals surface area contributed by atoms with Crippen molar-refractivity contribution in [3.05, 3.63) is 64.7 Å². The second-order valence-electron chi connectivity index (χ2n) is 3.66. The Labute approximate surface area is 115 Å². The van der Waals surface area contributed by atoms with Crippen LogP contribution in [0.15, 0.2) is 48.5 Å². The Morgan fingerprint density at radius 2 is 1.82 bits per heavy atom. The van der Waals surface area contributed by atoms with Crippen LogP contribution in [0.5, 0.6) is 5.75 Å². The quantitative estimate of drug-likeness (QED) is 0.736. The number of ether oxygens (including phenoxy) is 1. The van der Waals surface area contributed by atoms with Gasteiger partial charge in [-0.25, -0.2) is 0 Å². The van der Waals surface area contributed by atoms with Gasteiger partial charge in [-0.15, -0.1) is 0 Å². The van der Waals surface area contributed by atoms with Gasteiger partial charge in [0.1, 0.15) is 12.4 Å². The molecule has 3 heteroatoms. The van der Waals surface area contributed by atoms with E-state index in [-0.39, 0.29) is 0 Å². The van der Waals surface area contributed by atoms with Crippen LogP contribution in [-0.4, -0.2) is 0 Å². The molecule has 0 saturated carbocycles. The Morgan fingerprint density at radius 3 is 2.53 bits per heavy atom. The smallest absolute Gasteiger partial charge is 0.120 e. The van der Waals surface area contributed by atoms with E-state index in [1.165, 1.54) is 0 Å². The molecule has 0 spiro atoms. The summed E-state index contributed by atoms with van der Waals surface area (Å²) < 4.78 is 5.71. The number of alkyl halides is 1. The van der Waals surface area contributed by atoms with Crippen LogP contribution in [0.25, 0.3) is 0 Å². The zero-order chi connectivity index (χ0) is 12.1. The molecule has 0 atom stereocenters. The summed E-state index contributed by atoms with van der Waals surface area (Å²) in [7, 11) is 0. The molecular weight excluding hydrogens is 300 g/mol. The van der Waals surface area contributed by atoms with E-state index in [1.807, 2.05) is 48.5 Å². The normalized spacial score (nSPS) is 10.2. The Hall–Kier alpha value is -0.990. The van der Waals surface area contributed by atoms with E-state index in [1.54, 1.807) is 0 Å². The summed E-state index contributed by atoms with van der Waals surface area (Å²) in [4.78, 5) is 0. The first-order chi connectivity index (χ1) is 8.29. The SMILES string of the molecule is Clc1ccc(OCc2ccccc2)cc1CBr. The monoisotopic (exact) mass is 310 g/mol. The van der Waals surface area contributed by atoms with Gasteiger partial charge in [0, 0.05) is 10.4 Å². The Kier molecular flexibility index (Phi) is 4.46. The zero-order valence-electron chi connectivity index (χ0n) is 9.20. The molecule has 0 amide bonds. The number of benzene rings is 2. The average molecular weight is 312 g/mol. The van der Waals surface area contributed by atoms with Crippen molar-refractivity contribution in [1.82, 2.24) is 0 Å². The molecule has 0 radical (unpaired) electrons. The maximum Gasteiger partial charge on any atom is 0.120 e. The molecule has 0 saturated heterocycles. The van der Waals surface area contributed by atoms with Crippen LogP contribution in [0.2, 0.25) is 5.02 Å². The third kappa shape index (κ3) is 3.48. The molecule has 0 bridgehead atoms. The van der Waals surface area contributed by atoms with E-state index in [0.29, 0.717) is 6.61 Å². The van der Waals surface area contributed by atoms with Gasteiger partial charge < -0.3 is 4.74 Å². The third-order valence-corrected chi connectivity index (χ3v) is 3.38. The summed E-state index contributed by atoms with van der Waals surface area (Å²) in [6.45, 7) is 0.574. The topological polar surface area (TPSA) is 9.23 Å². The fraction of sp³-hybridized carbons (Fsp3) is 0.143. The molecule has 2 rings (SSSR count). The van der Waals surface area contributed by atoms with Gasteiger partial charge in [-0.3, -0.25) is 0 Å². The minimum Gasteiger partial charge on any atom is -0.489 e. The lowest BCUT2D eigenvalue weighted by atomic mass is 10.2. The zero-order valence-corrected chi connectivity index (χ0v) is 11.5. The standard InChI is InChI=1S/C14H12BrClO/c15-9-12-8-13(6-7-14(12)16)17-10-11-4-2-1-3-5-11/h1-8H,9-10H2. The fourth-order valence-electron chi connectivity index (χ4n) is 1.48. The first kappa shape index (κ1) is 12.5. The largest absolute Gasteiger partial charge is 0.489 e. The predicted molar refractivity (Wildman–Crippen MR) is 74.9 cm³/mol. The van der Waals surface area contributed by atoms with E-state index in [2.05, 4.69) is 15.9 Å². The number of hydrogen-bond acceptors (Lipinski definition) is 1. The highest BCUT2D eigenvalue weighted by Crippen LogP contribution is 2.24. The molecule has 0 aliphatic carbocycles. The summed E-state index contributed by atoms with van der Waals surface area (Å²) in [6.07, 6.45) is 0. The molecule has 0 aliphatic rings. The van der Waals surface area contributed by atoms with E-state index >= 15 is 0 Å². The van der Waals surface area contributed by atoms with Gasteiger partial charge in [0.25, 0.3) is 0 Å². The van der Waals surface area contributed by atoms with E-state index < -0.39 is 0 Å². The van der Waals surface area contributed by atoms with Crippen molar-refractivity contribution in [2.75, 3.05) is 0 Å². The molecule has 0 aliphatic heterocycles. The lowest BCUT2D eigenvalue weighted by Gasteiger charge is -2.08. The van der Waals surface area contributed by atoms with E-state index in [0.717, 1.165) is 27.2 Å². The second-order valence-corrected chi connectivity index (χ2v) is 4.63. The third-order valence-electron chi connectivity index (χ3n) is 2.41. The maximum absolute atomic E-state index is 6.03. The van der Waals surface area contributed by atoms with Crippen LogP contribution in [0.3, 0.4) is 0 Å². The molecule has 2 aromatic rings. The number of halogens is 2. The highest BCUT2D eigenvalue weighted by molar-refractivity contribution is 9.08. The van der Waals surface area contributed by atoms with Crippen LogP contribution in [0.1, 0.15) is 11.1 Å². The summed E-state index contributed by atoms with van der Waals surface area (Å²) in [6, 6.07) is 15.8. The van der Waals surface area contributed by atoms with Gasteiger partial charge in [0.05, 0.1) is 0 Å². The van der Waals surface area contributed by atoms with Crippen molar-refractivity contribution < 1.29 is 4.74 Å². The Morgan fingerprint density at radius 1 is 1.06 bits per heavy atom. The minimum atomic E-state index is 0.574. The van der Waals surface area contributed by atoms with Crippen molar-refractivity contribution >= 4 is 27.5 Å². The van der Waals surface area contributed by atoms with Gasteiger partial charge >= 0.3 is 0 Å². The van der Waals surface area contributed by atoms with Crippen LogP contribution in [0.4, 0.5) is 0 Å². The van der Waals surface area contributed by atoms with E-state index in [4.69, 9.17) is 16.3 Å². The van der Waals surface area contributed by atoms with Gasteiger partial charge in [0.15, 0.2) is 0 Å². The predicted octanol–water partition coefficient (Wildman–Crippen LogP) is 4.81. The molecular formula is C14H12BrClO. The van der Waals surface area contributed by atoms with Crippen molar-refractivity contribution in [2.45, 2.75) is 11.9 Å². The van der Waals surface area contributed by atoms with Crippen molar-refractivity contribution in [3.63, 3.8) is 0 Å². The van der Waals surface area contributed by atoms with Gasteiger partial charge in [-0.2, -0.15) is 0 Å². The van der Waals surface area contributed by atoms with Crippen molar-refractivity contribution in [3.8, 4) is 5.75 Å². The number of hydrogen-bond donors (Lipinski definition) is 0. The molecule has 88 valence electrons. The maximum atomic E-state index is 6.03. The first-order valence-electron chi connectivity index (χ1n) is 5.30. The second kappa shape index (κ2) is 6.08. The summed E-state index contributed by atoms with van der Waals surface area (Å²) in [5.41, 5.74) is 2.19. The van der Waals surface area contributed by atoms with Crippen LogP contribution < -0.4 is 4.74 Å². The molecule has 17 heavy (non-hydrogen) atoms. The Balaban J connectivity index is 2.04. The first-order valence-corrected chi connectivity index (χ1v) is 6.80. The van der Waals surface area contributed by atoms with Gasteiger partial charge in [0.2, 0.25) is 0 Å². The van der Waals surface area contributed by atoms with Crippen LogP contribution in [0, 0.1) is 0 Å². The van der Waals surface area contributed by atoms with Gasteiger partial charge in [-0.05, 0) is 29.3 Å². The molecule has 0 N–H and O–H groups in total. The molecule has 2 aromatic carbocycles. The molecule has 0 fully saturated rings. The lowest BCUT2D eigenvalue weighted by Crippen LogP contribution is -1.95. The minimum absolute atomic E-state index is 0.574. The number of rotatable bonds is 4. The van der Waals surface area contributed by atoms with E-state index in [9.17, 15) is 0 Å². The molecule has 0 heterocycles. The molecule has 0 aromatic heterocycles. The lowest BCUT2D eigenvalue weighted by molar-refractivity contribution is 0.306. The highest BCUT2D eigenvalue weighted by Gasteiger charge is 2.01. The van der Waals surface area contributed by atoms with Crippen molar-refractivity contribution in [1.29, 1.82) is 0 Å². The fourth-order valence-corrected chi connectivity index (χ4v) is 2.29. The summed E-state index contributed by atoms with van der Waals surface area (Å²) in [5, 5.41) is 1.49. The van der Waals surface area contributed by atoms with Crippen LogP contribution >= 0.6 is 27.5 Å². The van der Waals surface area contributed by atoms with Crippen LogP contribution in [-0.2, 0) is 11.9 Å². The summed E-state index contributed by atoms with van der Waals surface area (Å²) in [5.74, 6) is 0.840.